The fourth-order valence-electron chi connectivity index (χ4n) is 2.39. The molecule has 146 valence electrons. The standard InChI is InChI=1S/C20H18ClNO6/c1-3-25-20(24)13-4-6-14(7-5-13)26-11-17-16-9-8-15(10-18(16)28-22-17)27-19(23)12(2)21/h4-10,12H,3,11H2,1-2H3. The van der Waals surface area contributed by atoms with E-state index in [1.165, 1.54) is 6.92 Å². The predicted octanol–water partition coefficient (Wildman–Crippen LogP) is 4.12. The summed E-state index contributed by atoms with van der Waals surface area (Å²) >= 11 is 5.69. The molecular weight excluding hydrogens is 386 g/mol. The van der Waals surface area contributed by atoms with Crippen molar-refractivity contribution < 1.29 is 28.3 Å². The van der Waals surface area contributed by atoms with Crippen LogP contribution in [0.2, 0.25) is 0 Å². The Kier molecular flexibility index (Phi) is 6.16. The summed E-state index contributed by atoms with van der Waals surface area (Å²) in [5.74, 6) is -0.0269. The SMILES string of the molecule is CCOC(=O)c1ccc(OCc2noc3cc(OC(=O)C(C)Cl)ccc23)cc1. The van der Waals surface area contributed by atoms with E-state index in [9.17, 15) is 9.59 Å². The summed E-state index contributed by atoms with van der Waals surface area (Å²) in [5.41, 5.74) is 1.51. The molecule has 0 aliphatic carbocycles. The van der Waals surface area contributed by atoms with Gasteiger partial charge in [-0.3, -0.25) is 4.79 Å². The molecule has 1 unspecified atom stereocenters. The van der Waals surface area contributed by atoms with Crippen molar-refractivity contribution in [3.05, 3.63) is 53.7 Å². The van der Waals surface area contributed by atoms with Crippen molar-refractivity contribution in [3.8, 4) is 11.5 Å². The molecule has 2 aromatic carbocycles. The number of hydrogen-bond acceptors (Lipinski definition) is 7. The smallest absolute Gasteiger partial charge is 0.338 e. The van der Waals surface area contributed by atoms with Crippen LogP contribution in [0.1, 0.15) is 29.9 Å². The van der Waals surface area contributed by atoms with Gasteiger partial charge in [-0.2, -0.15) is 0 Å². The van der Waals surface area contributed by atoms with Crippen LogP contribution in [0, 0.1) is 0 Å². The number of carbonyl (C=O) groups excluding carboxylic acids is 2. The molecule has 1 heterocycles. The second-order valence-electron chi connectivity index (χ2n) is 5.86. The quantitative estimate of drug-likeness (QED) is 0.333. The van der Waals surface area contributed by atoms with Crippen LogP contribution in [-0.4, -0.2) is 29.1 Å². The molecule has 0 spiro atoms. The minimum atomic E-state index is -0.746. The molecule has 8 heteroatoms. The second kappa shape index (κ2) is 8.75. The first-order valence-corrected chi connectivity index (χ1v) is 9.05. The lowest BCUT2D eigenvalue weighted by molar-refractivity contribution is -0.133. The lowest BCUT2D eigenvalue weighted by Crippen LogP contribution is -2.17. The molecule has 1 aromatic heterocycles. The van der Waals surface area contributed by atoms with Crippen LogP contribution in [0.5, 0.6) is 11.5 Å². The van der Waals surface area contributed by atoms with Gasteiger partial charge in [-0.05, 0) is 50.2 Å². The molecule has 0 radical (unpaired) electrons. The average molecular weight is 404 g/mol. The number of esters is 2. The fourth-order valence-corrected chi connectivity index (χ4v) is 2.43. The molecule has 7 nitrogen and oxygen atoms in total. The van der Waals surface area contributed by atoms with Crippen molar-refractivity contribution in [1.82, 2.24) is 5.16 Å². The highest BCUT2D eigenvalue weighted by Gasteiger charge is 2.15. The number of alkyl halides is 1. The second-order valence-corrected chi connectivity index (χ2v) is 6.51. The molecule has 0 saturated carbocycles. The average Bonchev–Trinajstić information content (AvgIpc) is 3.09. The summed E-state index contributed by atoms with van der Waals surface area (Å²) in [5, 5.41) is 3.99. The van der Waals surface area contributed by atoms with E-state index in [-0.39, 0.29) is 12.6 Å². The maximum absolute atomic E-state index is 11.7. The highest BCUT2D eigenvalue weighted by Crippen LogP contribution is 2.25. The summed E-state index contributed by atoms with van der Waals surface area (Å²) in [4.78, 5) is 23.2. The topological polar surface area (TPSA) is 87.9 Å². The Morgan fingerprint density at radius 1 is 1.14 bits per heavy atom. The third-order valence-electron chi connectivity index (χ3n) is 3.80. The minimum absolute atomic E-state index is 0.170. The van der Waals surface area contributed by atoms with Crippen molar-refractivity contribution in [1.29, 1.82) is 0 Å². The molecule has 0 saturated heterocycles. The van der Waals surface area contributed by atoms with E-state index in [4.69, 9.17) is 30.3 Å². The van der Waals surface area contributed by atoms with Crippen molar-refractivity contribution in [2.75, 3.05) is 6.61 Å². The van der Waals surface area contributed by atoms with Gasteiger partial charge in [0.25, 0.3) is 0 Å². The van der Waals surface area contributed by atoms with E-state index < -0.39 is 11.3 Å². The Labute approximate surface area is 166 Å². The van der Waals surface area contributed by atoms with Gasteiger partial charge in [-0.15, -0.1) is 11.6 Å². The normalized spacial score (nSPS) is 11.8. The van der Waals surface area contributed by atoms with Gasteiger partial charge < -0.3 is 18.7 Å². The number of hydrogen-bond donors (Lipinski definition) is 0. The van der Waals surface area contributed by atoms with E-state index in [1.807, 2.05) is 0 Å². The first kappa shape index (κ1) is 19.7. The zero-order valence-electron chi connectivity index (χ0n) is 15.3. The molecule has 0 aliphatic rings. The lowest BCUT2D eigenvalue weighted by Gasteiger charge is -2.06. The Morgan fingerprint density at radius 3 is 2.54 bits per heavy atom. The van der Waals surface area contributed by atoms with Crippen molar-refractivity contribution in [3.63, 3.8) is 0 Å². The third-order valence-corrected chi connectivity index (χ3v) is 3.98. The predicted molar refractivity (Wildman–Crippen MR) is 102 cm³/mol. The molecule has 1 atom stereocenters. The van der Waals surface area contributed by atoms with E-state index in [0.29, 0.717) is 34.9 Å². The first-order chi connectivity index (χ1) is 13.5. The molecule has 0 N–H and O–H groups in total. The van der Waals surface area contributed by atoms with Crippen molar-refractivity contribution >= 4 is 34.5 Å². The monoisotopic (exact) mass is 403 g/mol. The third kappa shape index (κ3) is 4.61. The van der Waals surface area contributed by atoms with Crippen LogP contribution < -0.4 is 9.47 Å². The van der Waals surface area contributed by atoms with Crippen molar-refractivity contribution in [2.45, 2.75) is 25.8 Å². The van der Waals surface area contributed by atoms with E-state index in [0.717, 1.165) is 5.39 Å². The summed E-state index contributed by atoms with van der Waals surface area (Å²) in [6.45, 7) is 3.78. The van der Waals surface area contributed by atoms with Gasteiger partial charge in [0.2, 0.25) is 0 Å². The number of aromatic nitrogens is 1. The highest BCUT2D eigenvalue weighted by atomic mass is 35.5. The zero-order valence-corrected chi connectivity index (χ0v) is 16.1. The minimum Gasteiger partial charge on any atom is -0.487 e. The molecule has 0 fully saturated rings. The van der Waals surface area contributed by atoms with Crippen LogP contribution in [0.15, 0.2) is 47.0 Å². The molecule has 0 bridgehead atoms. The van der Waals surface area contributed by atoms with Gasteiger partial charge in [0, 0.05) is 11.5 Å². The van der Waals surface area contributed by atoms with Gasteiger partial charge in [-0.1, -0.05) is 5.16 Å². The molecule has 0 amide bonds. The van der Waals surface area contributed by atoms with Gasteiger partial charge in [0.1, 0.15) is 29.2 Å². The van der Waals surface area contributed by atoms with Crippen LogP contribution >= 0.6 is 11.6 Å². The van der Waals surface area contributed by atoms with Crippen molar-refractivity contribution in [2.24, 2.45) is 0 Å². The molecule has 0 aliphatic heterocycles. The number of carbonyl (C=O) groups is 2. The van der Waals surface area contributed by atoms with E-state index >= 15 is 0 Å². The number of ether oxygens (including phenoxy) is 3. The molecule has 3 aromatic rings. The maximum atomic E-state index is 11.7. The number of fused-ring (bicyclic) bond motifs is 1. The maximum Gasteiger partial charge on any atom is 0.338 e. The number of benzene rings is 2. The zero-order chi connectivity index (χ0) is 20.1. The van der Waals surface area contributed by atoms with Crippen LogP contribution in [0.3, 0.4) is 0 Å². The van der Waals surface area contributed by atoms with E-state index in [2.05, 4.69) is 5.16 Å². The van der Waals surface area contributed by atoms with Crippen LogP contribution in [0.25, 0.3) is 11.0 Å². The summed E-state index contributed by atoms with van der Waals surface area (Å²) < 4.78 is 21.1. The van der Waals surface area contributed by atoms with E-state index in [1.54, 1.807) is 49.4 Å². The Bertz CT molecular complexity index is 980. The summed E-state index contributed by atoms with van der Waals surface area (Å²) in [6, 6.07) is 11.6. The Hall–Kier alpha value is -3.06. The number of nitrogens with zero attached hydrogens (tertiary/aromatic N) is 1. The molecule has 28 heavy (non-hydrogen) atoms. The van der Waals surface area contributed by atoms with Gasteiger partial charge >= 0.3 is 11.9 Å². The highest BCUT2D eigenvalue weighted by molar-refractivity contribution is 6.29. The van der Waals surface area contributed by atoms with Crippen LogP contribution in [0.4, 0.5) is 0 Å². The van der Waals surface area contributed by atoms with Crippen LogP contribution in [-0.2, 0) is 16.1 Å². The Balaban J connectivity index is 1.66. The molecule has 3 rings (SSSR count). The fraction of sp³-hybridized carbons (Fsp3) is 0.250. The Morgan fingerprint density at radius 2 is 1.86 bits per heavy atom. The van der Waals surface area contributed by atoms with Gasteiger partial charge in [-0.25, -0.2) is 4.79 Å². The van der Waals surface area contributed by atoms with Gasteiger partial charge in [0.05, 0.1) is 12.2 Å². The number of halogens is 1. The molecular formula is C20H18ClNO6. The number of rotatable bonds is 7. The summed E-state index contributed by atoms with van der Waals surface area (Å²) in [6.07, 6.45) is 0. The first-order valence-electron chi connectivity index (χ1n) is 8.62. The van der Waals surface area contributed by atoms with Gasteiger partial charge in [0.15, 0.2) is 5.58 Å². The summed E-state index contributed by atoms with van der Waals surface area (Å²) in [7, 11) is 0. The largest absolute Gasteiger partial charge is 0.487 e. The lowest BCUT2D eigenvalue weighted by atomic mass is 10.2.